The van der Waals surface area contributed by atoms with Gasteiger partial charge in [0.1, 0.15) is 0 Å². The molecule has 0 nitrogen and oxygen atoms in total. The molecule has 0 radical (unpaired) electrons. The van der Waals surface area contributed by atoms with Crippen molar-refractivity contribution in [3.63, 3.8) is 0 Å². The van der Waals surface area contributed by atoms with Crippen molar-refractivity contribution in [1.82, 2.24) is 0 Å². The summed E-state index contributed by atoms with van der Waals surface area (Å²) in [4.78, 5) is 0. The average molecular weight is 292 g/mol. The minimum atomic E-state index is 0.542. The molecule has 0 aliphatic heterocycles. The van der Waals surface area contributed by atoms with Crippen LogP contribution >= 0.6 is 0 Å². The summed E-state index contributed by atoms with van der Waals surface area (Å²) >= 11 is 0. The molecule has 0 aromatic rings. The first kappa shape index (κ1) is 13.4. The number of fused-ring (bicyclic) bond motifs is 7. The van der Waals surface area contributed by atoms with Crippen molar-refractivity contribution in [1.29, 1.82) is 0 Å². The number of allylic oxidation sites excluding steroid dienone is 6. The van der Waals surface area contributed by atoms with Gasteiger partial charge in [-0.15, -0.1) is 6.58 Å². The normalized spacial score (nSPS) is 54.7. The molecule has 0 heteroatoms. The molecule has 0 spiro atoms. The van der Waals surface area contributed by atoms with E-state index in [1.54, 1.807) is 5.57 Å². The first-order valence-electron chi connectivity index (χ1n) is 9.33. The lowest BCUT2D eigenvalue weighted by Gasteiger charge is -2.53. The molecule has 0 saturated heterocycles. The van der Waals surface area contributed by atoms with Crippen molar-refractivity contribution < 1.29 is 0 Å². The molecule has 3 fully saturated rings. The summed E-state index contributed by atoms with van der Waals surface area (Å²) in [6.45, 7) is 11.0. The summed E-state index contributed by atoms with van der Waals surface area (Å²) < 4.78 is 0. The molecule has 5 aliphatic rings. The summed E-state index contributed by atoms with van der Waals surface area (Å²) in [7, 11) is 0. The quantitative estimate of drug-likeness (QED) is 0.556. The fourth-order valence-corrected chi connectivity index (χ4v) is 7.21. The zero-order valence-corrected chi connectivity index (χ0v) is 13.8. The highest BCUT2D eigenvalue weighted by atomic mass is 14.7. The van der Waals surface area contributed by atoms with Crippen LogP contribution in [-0.2, 0) is 0 Å². The van der Waals surface area contributed by atoms with Gasteiger partial charge >= 0.3 is 0 Å². The molecule has 3 saturated carbocycles. The van der Waals surface area contributed by atoms with Crippen LogP contribution in [0.1, 0.15) is 39.0 Å². The molecule has 0 N–H and O–H groups in total. The largest absolute Gasteiger partial charge is 0.103 e. The maximum Gasteiger partial charge on any atom is -0.0125 e. The van der Waals surface area contributed by atoms with Crippen molar-refractivity contribution in [3.05, 3.63) is 48.6 Å². The highest BCUT2D eigenvalue weighted by Gasteiger charge is 2.67. The first-order chi connectivity index (χ1) is 10.6. The van der Waals surface area contributed by atoms with Crippen LogP contribution in [0.5, 0.6) is 0 Å². The molecule has 5 rings (SSSR count). The van der Waals surface area contributed by atoms with E-state index in [2.05, 4.69) is 44.4 Å². The van der Waals surface area contributed by atoms with E-state index in [1.807, 2.05) is 0 Å². The SMILES string of the molecule is C=CC1C2CC2C2C3C=CC4=CC(=C)CCC4C3CCC12C. The van der Waals surface area contributed by atoms with Gasteiger partial charge in [0.15, 0.2) is 0 Å². The molecule has 0 bridgehead atoms. The highest BCUT2D eigenvalue weighted by molar-refractivity contribution is 5.38. The van der Waals surface area contributed by atoms with E-state index in [4.69, 9.17) is 0 Å². The zero-order valence-electron chi connectivity index (χ0n) is 13.8. The monoisotopic (exact) mass is 292 g/mol. The van der Waals surface area contributed by atoms with Crippen LogP contribution in [0.15, 0.2) is 48.6 Å². The summed E-state index contributed by atoms with van der Waals surface area (Å²) in [6.07, 6.45) is 16.7. The summed E-state index contributed by atoms with van der Waals surface area (Å²) in [5.41, 5.74) is 3.47. The number of rotatable bonds is 1. The van der Waals surface area contributed by atoms with E-state index in [1.165, 1.54) is 37.7 Å². The van der Waals surface area contributed by atoms with Crippen LogP contribution in [0.3, 0.4) is 0 Å². The van der Waals surface area contributed by atoms with Crippen LogP contribution in [-0.4, -0.2) is 0 Å². The van der Waals surface area contributed by atoms with Gasteiger partial charge in [0.2, 0.25) is 0 Å². The minimum Gasteiger partial charge on any atom is -0.103 e. The Kier molecular flexibility index (Phi) is 2.61. The smallest absolute Gasteiger partial charge is 0.0125 e. The Morgan fingerprint density at radius 2 is 2.09 bits per heavy atom. The molecular formula is C22H28. The third kappa shape index (κ3) is 1.54. The maximum absolute atomic E-state index is 4.20. The molecule has 116 valence electrons. The van der Waals surface area contributed by atoms with Crippen molar-refractivity contribution >= 4 is 0 Å². The Labute approximate surface area is 135 Å². The van der Waals surface area contributed by atoms with Gasteiger partial charge in [0, 0.05) is 0 Å². The average Bonchev–Trinajstić information content (AvgIpc) is 3.21. The van der Waals surface area contributed by atoms with Gasteiger partial charge in [-0.25, -0.2) is 0 Å². The van der Waals surface area contributed by atoms with Gasteiger partial charge in [-0.1, -0.05) is 43.4 Å². The Hall–Kier alpha value is -1.04. The lowest BCUT2D eigenvalue weighted by molar-refractivity contribution is 0.00332. The van der Waals surface area contributed by atoms with Gasteiger partial charge in [-0.2, -0.15) is 0 Å². The molecule has 0 heterocycles. The Morgan fingerprint density at radius 3 is 2.91 bits per heavy atom. The summed E-state index contributed by atoms with van der Waals surface area (Å²) in [5.74, 6) is 6.28. The number of hydrogen-bond acceptors (Lipinski definition) is 0. The van der Waals surface area contributed by atoms with Crippen LogP contribution in [0.25, 0.3) is 0 Å². The molecule has 0 aromatic carbocycles. The fraction of sp³-hybridized carbons (Fsp3) is 0.636. The highest BCUT2D eigenvalue weighted by Crippen LogP contribution is 2.74. The molecular weight excluding hydrogens is 264 g/mol. The van der Waals surface area contributed by atoms with Gasteiger partial charge in [-0.3, -0.25) is 0 Å². The predicted octanol–water partition coefficient (Wildman–Crippen LogP) is 5.55. The lowest BCUT2D eigenvalue weighted by atomic mass is 9.51. The van der Waals surface area contributed by atoms with Gasteiger partial charge in [0.25, 0.3) is 0 Å². The van der Waals surface area contributed by atoms with E-state index in [-0.39, 0.29) is 0 Å². The zero-order chi connectivity index (χ0) is 15.1. The maximum atomic E-state index is 4.20. The van der Waals surface area contributed by atoms with Gasteiger partial charge in [0.05, 0.1) is 0 Å². The van der Waals surface area contributed by atoms with Crippen LogP contribution in [0.2, 0.25) is 0 Å². The van der Waals surface area contributed by atoms with E-state index in [0.29, 0.717) is 5.41 Å². The third-order valence-corrected chi connectivity index (χ3v) is 8.12. The summed E-state index contributed by atoms with van der Waals surface area (Å²) in [6, 6.07) is 0. The Bertz CT molecular complexity index is 606. The van der Waals surface area contributed by atoms with Crippen molar-refractivity contribution in [2.75, 3.05) is 0 Å². The predicted molar refractivity (Wildman–Crippen MR) is 92.2 cm³/mol. The molecule has 8 unspecified atom stereocenters. The van der Waals surface area contributed by atoms with Gasteiger partial charge < -0.3 is 0 Å². The third-order valence-electron chi connectivity index (χ3n) is 8.12. The second kappa shape index (κ2) is 4.28. The van der Waals surface area contributed by atoms with Crippen molar-refractivity contribution in [2.45, 2.75) is 39.0 Å². The standard InChI is InChI=1S/C22H28/c1-4-20-18-12-19(18)21-17-8-6-14-11-13(2)5-7-15(14)16(17)9-10-22(20,21)3/h4,6,8,11,15-21H,1-2,5,7,9-10,12H2,3H3. The van der Waals surface area contributed by atoms with Crippen LogP contribution in [0, 0.1) is 46.8 Å². The van der Waals surface area contributed by atoms with E-state index >= 15 is 0 Å². The fourth-order valence-electron chi connectivity index (χ4n) is 7.21. The molecule has 8 atom stereocenters. The second-order valence-corrected chi connectivity index (χ2v) is 8.94. The Balaban J connectivity index is 1.54. The van der Waals surface area contributed by atoms with E-state index in [0.717, 1.165) is 41.4 Å². The second-order valence-electron chi connectivity index (χ2n) is 8.94. The van der Waals surface area contributed by atoms with Crippen LogP contribution in [0.4, 0.5) is 0 Å². The summed E-state index contributed by atoms with van der Waals surface area (Å²) in [5, 5.41) is 0. The topological polar surface area (TPSA) is 0 Å². The van der Waals surface area contributed by atoms with E-state index in [9.17, 15) is 0 Å². The minimum absolute atomic E-state index is 0.542. The molecule has 0 amide bonds. The van der Waals surface area contributed by atoms with Gasteiger partial charge in [-0.05, 0) is 84.5 Å². The van der Waals surface area contributed by atoms with Crippen molar-refractivity contribution in [2.24, 2.45) is 46.8 Å². The lowest BCUT2D eigenvalue weighted by Crippen LogP contribution is -2.46. The molecule has 5 aliphatic carbocycles. The van der Waals surface area contributed by atoms with Crippen molar-refractivity contribution in [3.8, 4) is 0 Å². The van der Waals surface area contributed by atoms with Crippen LogP contribution < -0.4 is 0 Å². The first-order valence-corrected chi connectivity index (χ1v) is 9.33. The number of hydrogen-bond donors (Lipinski definition) is 0. The van der Waals surface area contributed by atoms with E-state index < -0.39 is 0 Å². The molecule has 22 heavy (non-hydrogen) atoms. The Morgan fingerprint density at radius 1 is 1.23 bits per heavy atom. The molecule has 0 aromatic heterocycles.